The lowest BCUT2D eigenvalue weighted by atomic mass is 9.87. The molecule has 0 bridgehead atoms. The second kappa shape index (κ2) is 6.39. The van der Waals surface area contributed by atoms with E-state index in [1.807, 2.05) is 13.1 Å². The van der Waals surface area contributed by atoms with Crippen molar-refractivity contribution in [2.45, 2.75) is 51.6 Å². The highest BCUT2D eigenvalue weighted by atomic mass is 16.3. The van der Waals surface area contributed by atoms with Crippen LogP contribution in [0.5, 0.6) is 0 Å². The Balaban J connectivity index is 1.90. The van der Waals surface area contributed by atoms with E-state index in [0.717, 1.165) is 31.4 Å². The molecule has 1 aliphatic rings. The number of carbonyl (C=O) groups is 1. The van der Waals surface area contributed by atoms with Crippen molar-refractivity contribution in [1.82, 2.24) is 15.1 Å². The minimum absolute atomic E-state index is 0.118. The second-order valence-corrected chi connectivity index (χ2v) is 6.13. The molecule has 1 aromatic heterocycles. The first-order valence-corrected chi connectivity index (χ1v) is 7.47. The molecule has 0 aromatic carbocycles. The van der Waals surface area contributed by atoms with Crippen LogP contribution in [0.4, 0.5) is 0 Å². The van der Waals surface area contributed by atoms with Crippen LogP contribution >= 0.6 is 0 Å². The SMILES string of the molecule is CC(C)c1cc(C(=O)NCC2CCCC(O)C2)nn1C. The summed E-state index contributed by atoms with van der Waals surface area (Å²) in [6.45, 7) is 4.80. The fourth-order valence-corrected chi connectivity index (χ4v) is 2.91. The van der Waals surface area contributed by atoms with E-state index in [1.165, 1.54) is 0 Å². The number of rotatable bonds is 4. The summed E-state index contributed by atoms with van der Waals surface area (Å²) in [5.74, 6) is 0.617. The van der Waals surface area contributed by atoms with E-state index >= 15 is 0 Å². The molecule has 1 aromatic rings. The van der Waals surface area contributed by atoms with Crippen molar-refractivity contribution in [3.8, 4) is 0 Å². The summed E-state index contributed by atoms with van der Waals surface area (Å²) in [5, 5.41) is 16.8. The maximum absolute atomic E-state index is 12.1. The molecule has 2 N–H and O–H groups in total. The van der Waals surface area contributed by atoms with Crippen molar-refractivity contribution >= 4 is 5.91 Å². The van der Waals surface area contributed by atoms with Crippen LogP contribution in [0.15, 0.2) is 6.07 Å². The van der Waals surface area contributed by atoms with Crippen molar-refractivity contribution in [1.29, 1.82) is 0 Å². The van der Waals surface area contributed by atoms with Gasteiger partial charge in [0.05, 0.1) is 6.10 Å². The molecule has 2 rings (SSSR count). The van der Waals surface area contributed by atoms with Gasteiger partial charge in [-0.25, -0.2) is 0 Å². The lowest BCUT2D eigenvalue weighted by Gasteiger charge is -2.25. The average Bonchev–Trinajstić information content (AvgIpc) is 2.78. The minimum atomic E-state index is -0.201. The Kier molecular flexibility index (Phi) is 4.81. The molecular weight excluding hydrogens is 254 g/mol. The normalized spacial score (nSPS) is 23.1. The van der Waals surface area contributed by atoms with Gasteiger partial charge in [-0.05, 0) is 37.2 Å². The average molecular weight is 279 g/mol. The van der Waals surface area contributed by atoms with Crippen LogP contribution in [-0.4, -0.2) is 33.4 Å². The molecule has 2 atom stereocenters. The number of hydrogen-bond acceptors (Lipinski definition) is 3. The first-order valence-electron chi connectivity index (χ1n) is 7.47. The number of amides is 1. The van der Waals surface area contributed by atoms with Crippen LogP contribution in [-0.2, 0) is 7.05 Å². The summed E-state index contributed by atoms with van der Waals surface area (Å²) >= 11 is 0. The monoisotopic (exact) mass is 279 g/mol. The van der Waals surface area contributed by atoms with Crippen LogP contribution in [0.2, 0.25) is 0 Å². The molecule has 1 saturated carbocycles. The van der Waals surface area contributed by atoms with E-state index in [9.17, 15) is 9.90 Å². The minimum Gasteiger partial charge on any atom is -0.393 e. The molecule has 1 aliphatic carbocycles. The van der Waals surface area contributed by atoms with Crippen LogP contribution in [0.3, 0.4) is 0 Å². The fourth-order valence-electron chi connectivity index (χ4n) is 2.91. The molecule has 1 fully saturated rings. The number of hydrogen-bond donors (Lipinski definition) is 2. The summed E-state index contributed by atoms with van der Waals surface area (Å²) in [6, 6.07) is 1.86. The number of aromatic nitrogens is 2. The number of aliphatic hydroxyl groups is 1. The van der Waals surface area contributed by atoms with Gasteiger partial charge in [-0.15, -0.1) is 0 Å². The van der Waals surface area contributed by atoms with Gasteiger partial charge in [-0.2, -0.15) is 5.10 Å². The Hall–Kier alpha value is -1.36. The third kappa shape index (κ3) is 3.60. The van der Waals surface area contributed by atoms with E-state index in [1.54, 1.807) is 4.68 Å². The van der Waals surface area contributed by atoms with Gasteiger partial charge in [0.2, 0.25) is 0 Å². The zero-order chi connectivity index (χ0) is 14.7. The standard InChI is InChI=1S/C15H25N3O2/c1-10(2)14-8-13(17-18(14)3)15(20)16-9-11-5-4-6-12(19)7-11/h8,10-12,19H,4-7,9H2,1-3H3,(H,16,20). The van der Waals surface area contributed by atoms with Crippen molar-refractivity contribution in [2.75, 3.05) is 6.54 Å². The van der Waals surface area contributed by atoms with Gasteiger partial charge in [-0.3, -0.25) is 9.48 Å². The van der Waals surface area contributed by atoms with Crippen LogP contribution in [0, 0.1) is 5.92 Å². The summed E-state index contributed by atoms with van der Waals surface area (Å²) < 4.78 is 1.77. The van der Waals surface area contributed by atoms with E-state index in [0.29, 0.717) is 24.1 Å². The van der Waals surface area contributed by atoms with E-state index in [2.05, 4.69) is 24.3 Å². The fraction of sp³-hybridized carbons (Fsp3) is 0.733. The van der Waals surface area contributed by atoms with E-state index < -0.39 is 0 Å². The Bertz CT molecular complexity index is 468. The van der Waals surface area contributed by atoms with Crippen LogP contribution in [0.1, 0.15) is 61.6 Å². The molecular formula is C15H25N3O2. The topological polar surface area (TPSA) is 67.2 Å². The molecule has 0 saturated heterocycles. The molecule has 5 heteroatoms. The Morgan fingerprint density at radius 1 is 1.55 bits per heavy atom. The molecule has 5 nitrogen and oxygen atoms in total. The van der Waals surface area contributed by atoms with Gasteiger partial charge in [0.1, 0.15) is 5.69 Å². The van der Waals surface area contributed by atoms with Crippen LogP contribution in [0.25, 0.3) is 0 Å². The number of aryl methyl sites for hydroxylation is 1. The number of nitrogens with zero attached hydrogens (tertiary/aromatic N) is 2. The smallest absolute Gasteiger partial charge is 0.271 e. The van der Waals surface area contributed by atoms with Gasteiger partial charge in [0.25, 0.3) is 5.91 Å². The largest absolute Gasteiger partial charge is 0.393 e. The molecule has 20 heavy (non-hydrogen) atoms. The highest BCUT2D eigenvalue weighted by molar-refractivity contribution is 5.92. The molecule has 1 amide bonds. The van der Waals surface area contributed by atoms with Crippen LogP contribution < -0.4 is 5.32 Å². The Morgan fingerprint density at radius 3 is 2.90 bits per heavy atom. The highest BCUT2D eigenvalue weighted by Gasteiger charge is 2.21. The van der Waals surface area contributed by atoms with Gasteiger partial charge in [-0.1, -0.05) is 20.3 Å². The number of carbonyl (C=O) groups excluding carboxylic acids is 1. The molecule has 2 unspecified atom stereocenters. The van der Waals surface area contributed by atoms with Gasteiger partial charge < -0.3 is 10.4 Å². The summed E-state index contributed by atoms with van der Waals surface area (Å²) in [6.07, 6.45) is 3.61. The number of aliphatic hydroxyl groups excluding tert-OH is 1. The lowest BCUT2D eigenvalue weighted by molar-refractivity contribution is 0.0870. The zero-order valence-electron chi connectivity index (χ0n) is 12.6. The zero-order valence-corrected chi connectivity index (χ0v) is 12.6. The van der Waals surface area contributed by atoms with E-state index in [-0.39, 0.29) is 12.0 Å². The predicted octanol–water partition coefficient (Wildman–Crippen LogP) is 1.82. The summed E-state index contributed by atoms with van der Waals surface area (Å²) in [7, 11) is 1.86. The number of nitrogens with one attached hydrogen (secondary N) is 1. The van der Waals surface area contributed by atoms with Gasteiger partial charge in [0.15, 0.2) is 0 Å². The highest BCUT2D eigenvalue weighted by Crippen LogP contribution is 2.23. The first-order chi connectivity index (χ1) is 9.47. The summed E-state index contributed by atoms with van der Waals surface area (Å²) in [4.78, 5) is 12.1. The predicted molar refractivity (Wildman–Crippen MR) is 77.6 cm³/mol. The van der Waals surface area contributed by atoms with Gasteiger partial charge in [0, 0.05) is 19.3 Å². The maximum atomic E-state index is 12.1. The third-order valence-corrected chi connectivity index (χ3v) is 4.05. The lowest BCUT2D eigenvalue weighted by Crippen LogP contribution is -2.33. The van der Waals surface area contributed by atoms with Crippen molar-refractivity contribution in [2.24, 2.45) is 13.0 Å². The quantitative estimate of drug-likeness (QED) is 0.883. The molecule has 0 radical (unpaired) electrons. The molecule has 0 spiro atoms. The molecule has 1 heterocycles. The van der Waals surface area contributed by atoms with Crippen molar-refractivity contribution in [3.63, 3.8) is 0 Å². The molecule has 112 valence electrons. The van der Waals surface area contributed by atoms with E-state index in [4.69, 9.17) is 0 Å². The Labute approximate surface area is 120 Å². The van der Waals surface area contributed by atoms with Crippen molar-refractivity contribution in [3.05, 3.63) is 17.5 Å². The molecule has 0 aliphatic heterocycles. The van der Waals surface area contributed by atoms with Crippen molar-refractivity contribution < 1.29 is 9.90 Å². The second-order valence-electron chi connectivity index (χ2n) is 6.13. The maximum Gasteiger partial charge on any atom is 0.271 e. The third-order valence-electron chi connectivity index (χ3n) is 4.05. The Morgan fingerprint density at radius 2 is 2.30 bits per heavy atom. The first kappa shape index (κ1) is 15.0. The van der Waals surface area contributed by atoms with Gasteiger partial charge >= 0.3 is 0 Å². The summed E-state index contributed by atoms with van der Waals surface area (Å²) in [5.41, 5.74) is 1.54.